The molecular formula is C41H62N11O13P. The predicted octanol–water partition coefficient (Wildman–Crippen LogP) is -2.33. The van der Waals surface area contributed by atoms with Gasteiger partial charge < -0.3 is 68.5 Å². The lowest BCUT2D eigenvalue weighted by molar-refractivity contribution is -0.148. The zero-order valence-corrected chi connectivity index (χ0v) is 38.4. The molecule has 364 valence electrons. The van der Waals surface area contributed by atoms with Gasteiger partial charge in [0.05, 0.1) is 18.7 Å². The van der Waals surface area contributed by atoms with Gasteiger partial charge in [-0.15, -0.1) is 0 Å². The van der Waals surface area contributed by atoms with E-state index in [1.54, 1.807) is 6.07 Å². The lowest BCUT2D eigenvalue weighted by Crippen LogP contribution is -2.62. The molecule has 2 aromatic rings. The number of phosphoric ester groups is 1. The first kappa shape index (κ1) is 54.1. The number of aliphatic imine (C=N–C) groups is 1. The molecule has 1 heterocycles. The van der Waals surface area contributed by atoms with E-state index in [4.69, 9.17) is 21.7 Å². The van der Waals surface area contributed by atoms with Crippen LogP contribution in [-0.4, -0.2) is 153 Å². The van der Waals surface area contributed by atoms with Crippen LogP contribution in [0, 0.1) is 0 Å². The number of likely N-dealkylation sites (tertiary alicyclic amines) is 1. The molecule has 0 spiro atoms. The Balaban J connectivity index is 1.98. The first-order chi connectivity index (χ1) is 30.9. The third-order valence-corrected chi connectivity index (χ3v) is 11.1. The van der Waals surface area contributed by atoms with E-state index in [1.807, 2.05) is 36.4 Å². The monoisotopic (exact) mass is 947 g/mol. The summed E-state index contributed by atoms with van der Waals surface area (Å²) >= 11 is 0. The van der Waals surface area contributed by atoms with Crippen molar-refractivity contribution in [3.05, 3.63) is 48.0 Å². The highest BCUT2D eigenvalue weighted by Crippen LogP contribution is 2.38. The summed E-state index contributed by atoms with van der Waals surface area (Å²) in [6, 6.07) is 3.49. The maximum Gasteiger partial charge on any atom is 0.469 e. The standard InChI is InChI=1S/C41H62N11O13P/c1-22(42)38(58)51(5)21-32(53)50-33(25(4)65-66(62,63)64)39(59)52-18-9-8-14-31(52)37(57)49-30(20-26-15-16-27-11-6-7-12-28(27)19-26)36(56)48-29(13-10-17-45-41(43)44)35(55)46-23(2)34(54)47-24(3)40(60)61/h6-7,11-12,15-16,19,22-25,29-31,33H,8-10,13-14,17-18,20-21,42H2,1-5H3,(H,46,55)(H,47,54)(H,48,56)(H,49,57)(H,50,53)(H,60,61)(H4,43,44,45)(H2,62,63,64)/t22-,23+,24-,25+,29+,30+,31+,33-/m1/s1. The molecule has 7 amide bonds. The first-order valence-corrected chi connectivity index (χ1v) is 22.7. The van der Waals surface area contributed by atoms with Crippen LogP contribution in [0.1, 0.15) is 65.4 Å². The molecule has 0 aromatic heterocycles. The molecule has 3 rings (SSSR count). The summed E-state index contributed by atoms with van der Waals surface area (Å²) in [5.74, 6) is -7.29. The molecule has 2 aromatic carbocycles. The number of benzene rings is 2. The average molecular weight is 948 g/mol. The van der Waals surface area contributed by atoms with Gasteiger partial charge in [-0.1, -0.05) is 42.5 Å². The highest BCUT2D eigenvalue weighted by atomic mass is 31.2. The third kappa shape index (κ3) is 17.0. The lowest BCUT2D eigenvalue weighted by atomic mass is 9.97. The number of hydrogen-bond acceptors (Lipinski definition) is 12. The summed E-state index contributed by atoms with van der Waals surface area (Å²) in [5.41, 5.74) is 17.2. The Bertz CT molecular complexity index is 2170. The minimum atomic E-state index is -5.24. The van der Waals surface area contributed by atoms with Crippen LogP contribution in [0.3, 0.4) is 0 Å². The summed E-state index contributed by atoms with van der Waals surface area (Å²) in [6.07, 6.45) is -0.790. The average Bonchev–Trinajstić information content (AvgIpc) is 3.24. The van der Waals surface area contributed by atoms with Crippen molar-refractivity contribution in [3.8, 4) is 0 Å². The zero-order valence-electron chi connectivity index (χ0n) is 37.5. The molecule has 0 saturated carbocycles. The quantitative estimate of drug-likeness (QED) is 0.0241. The van der Waals surface area contributed by atoms with Crippen LogP contribution in [-0.2, 0) is 53.9 Å². The van der Waals surface area contributed by atoms with E-state index in [0.717, 1.165) is 27.5 Å². The van der Waals surface area contributed by atoms with Crippen LogP contribution >= 0.6 is 7.82 Å². The molecule has 1 fully saturated rings. The highest BCUT2D eigenvalue weighted by Gasteiger charge is 2.41. The molecule has 8 atom stereocenters. The van der Waals surface area contributed by atoms with E-state index in [0.29, 0.717) is 18.4 Å². The van der Waals surface area contributed by atoms with Gasteiger partial charge in [0.25, 0.3) is 0 Å². The van der Waals surface area contributed by atoms with Crippen LogP contribution in [0.5, 0.6) is 0 Å². The second-order valence-corrected chi connectivity index (χ2v) is 17.3. The molecule has 66 heavy (non-hydrogen) atoms. The number of hydrogen-bond donors (Lipinski definition) is 11. The molecule has 0 radical (unpaired) electrons. The molecule has 25 heteroatoms. The molecule has 0 aliphatic carbocycles. The van der Waals surface area contributed by atoms with Gasteiger partial charge in [0, 0.05) is 26.6 Å². The second kappa shape index (κ2) is 24.9. The van der Waals surface area contributed by atoms with Crippen molar-refractivity contribution in [3.63, 3.8) is 0 Å². The maximum atomic E-state index is 14.4. The second-order valence-electron chi connectivity index (χ2n) is 16.1. The van der Waals surface area contributed by atoms with Crippen LogP contribution in [0.2, 0.25) is 0 Å². The fourth-order valence-corrected chi connectivity index (χ4v) is 7.62. The number of phosphoric acid groups is 1. The van der Waals surface area contributed by atoms with E-state index in [9.17, 15) is 57.8 Å². The van der Waals surface area contributed by atoms with Crippen LogP contribution in [0.15, 0.2) is 47.5 Å². The fraction of sp³-hybridized carbons (Fsp3) is 0.537. The van der Waals surface area contributed by atoms with Gasteiger partial charge in [-0.05, 0) is 76.1 Å². The number of carboxylic acids is 1. The van der Waals surface area contributed by atoms with Crippen LogP contribution in [0.4, 0.5) is 0 Å². The van der Waals surface area contributed by atoms with Gasteiger partial charge in [0.1, 0.15) is 36.3 Å². The first-order valence-electron chi connectivity index (χ1n) is 21.2. The number of carbonyl (C=O) groups excluding carboxylic acids is 7. The molecule has 14 N–H and O–H groups in total. The van der Waals surface area contributed by atoms with E-state index in [-0.39, 0.29) is 44.7 Å². The summed E-state index contributed by atoms with van der Waals surface area (Å²) < 4.78 is 16.7. The number of piperidine rings is 1. The van der Waals surface area contributed by atoms with Crippen molar-refractivity contribution in [2.45, 2.75) is 115 Å². The maximum absolute atomic E-state index is 14.4. The van der Waals surface area contributed by atoms with Crippen molar-refractivity contribution < 1.29 is 62.3 Å². The van der Waals surface area contributed by atoms with Gasteiger partial charge in [0.2, 0.25) is 41.4 Å². The summed E-state index contributed by atoms with van der Waals surface area (Å²) in [6.45, 7) is 4.50. The number of guanidine groups is 1. The number of nitrogens with two attached hydrogens (primary N) is 3. The number of nitrogens with zero attached hydrogens (tertiary/aromatic N) is 3. The van der Waals surface area contributed by atoms with Crippen LogP contribution in [0.25, 0.3) is 10.8 Å². The molecule has 1 aliphatic rings. The van der Waals surface area contributed by atoms with E-state index in [2.05, 4.69) is 31.6 Å². The molecule has 24 nitrogen and oxygen atoms in total. The molecular weight excluding hydrogens is 885 g/mol. The third-order valence-electron chi connectivity index (χ3n) is 10.5. The van der Waals surface area contributed by atoms with Crippen molar-refractivity contribution in [2.24, 2.45) is 22.2 Å². The topological polar surface area (TPSA) is 381 Å². The van der Waals surface area contributed by atoms with Crippen molar-refractivity contribution in [2.75, 3.05) is 26.7 Å². The van der Waals surface area contributed by atoms with Crippen LogP contribution < -0.4 is 43.8 Å². The van der Waals surface area contributed by atoms with Crippen molar-refractivity contribution in [1.82, 2.24) is 36.4 Å². The fourth-order valence-electron chi connectivity index (χ4n) is 7.07. The number of carboxylic acid groups (broad SMARTS) is 1. The minimum absolute atomic E-state index is 0.0500. The van der Waals surface area contributed by atoms with Gasteiger partial charge in [-0.25, -0.2) is 4.57 Å². The SMILES string of the molecule is C[C@H](NC(=O)[C@H](CCCN=C(N)N)NC(=O)[C@H](Cc1ccc2ccccc2c1)NC(=O)[C@@H]1CCCCN1C(=O)[C@H](NC(=O)CN(C)C(=O)[C@@H](C)N)[C@H](C)OP(=O)(O)O)C(=O)N[C@H](C)C(=O)O. The highest BCUT2D eigenvalue weighted by molar-refractivity contribution is 7.46. The van der Waals surface area contributed by atoms with Gasteiger partial charge in [-0.3, -0.25) is 47.9 Å². The van der Waals surface area contributed by atoms with Gasteiger partial charge in [-0.2, -0.15) is 0 Å². The lowest BCUT2D eigenvalue weighted by Gasteiger charge is -2.38. The molecule has 0 bridgehead atoms. The van der Waals surface area contributed by atoms with Gasteiger partial charge in [0.15, 0.2) is 5.96 Å². The number of fused-ring (bicyclic) bond motifs is 1. The number of amides is 7. The van der Waals surface area contributed by atoms with E-state index >= 15 is 0 Å². The Morgan fingerprint density at radius 3 is 2.12 bits per heavy atom. The van der Waals surface area contributed by atoms with E-state index < -0.39 is 110 Å². The largest absolute Gasteiger partial charge is 0.480 e. The molecule has 1 saturated heterocycles. The number of rotatable bonds is 23. The van der Waals surface area contributed by atoms with E-state index in [1.165, 1.54) is 27.8 Å². The van der Waals surface area contributed by atoms with Crippen molar-refractivity contribution in [1.29, 1.82) is 0 Å². The Hall–Kier alpha value is -6.20. The number of carbonyl (C=O) groups is 8. The Morgan fingerprint density at radius 2 is 1.50 bits per heavy atom. The minimum Gasteiger partial charge on any atom is -0.480 e. The zero-order chi connectivity index (χ0) is 49.5. The summed E-state index contributed by atoms with van der Waals surface area (Å²) in [7, 11) is -3.95. The van der Waals surface area contributed by atoms with Crippen molar-refractivity contribution >= 4 is 71.9 Å². The molecule has 0 unspecified atom stereocenters. The number of likely N-dealkylation sites (N-methyl/N-ethyl adjacent to an activating group) is 1. The number of nitrogens with one attached hydrogen (secondary N) is 5. The number of aliphatic carboxylic acids is 1. The summed E-state index contributed by atoms with van der Waals surface area (Å²) in [4.78, 5) is 132. The Labute approximate surface area is 381 Å². The summed E-state index contributed by atoms with van der Waals surface area (Å²) in [5, 5.41) is 23.4. The predicted molar refractivity (Wildman–Crippen MR) is 239 cm³/mol. The normalized spacial score (nSPS) is 17.0. The molecule has 1 aliphatic heterocycles. The van der Waals surface area contributed by atoms with Gasteiger partial charge >= 0.3 is 13.8 Å². The Morgan fingerprint density at radius 1 is 0.864 bits per heavy atom. The Kier molecular flexibility index (Phi) is 20.4. The smallest absolute Gasteiger partial charge is 0.469 e.